The summed E-state index contributed by atoms with van der Waals surface area (Å²) >= 11 is 9.57. The van der Waals surface area contributed by atoms with Crippen LogP contribution < -0.4 is 5.32 Å². The number of phenolic OH excluding ortho intramolecular Hbond substituents is 1. The third kappa shape index (κ3) is 4.14. The van der Waals surface area contributed by atoms with E-state index < -0.39 is 0 Å². The summed E-state index contributed by atoms with van der Waals surface area (Å²) < 4.78 is 0.935. The maximum atomic E-state index is 10.5. The summed E-state index contributed by atoms with van der Waals surface area (Å²) in [5.41, 5.74) is 5.23. The number of benzene rings is 3. The zero-order valence-corrected chi connectivity index (χ0v) is 17.7. The number of nitrogens with zero attached hydrogens (tertiary/aromatic N) is 1. The van der Waals surface area contributed by atoms with Crippen molar-refractivity contribution in [3.8, 4) is 5.75 Å². The second-order valence-electron chi connectivity index (χ2n) is 7.02. The van der Waals surface area contributed by atoms with Crippen LogP contribution in [-0.4, -0.2) is 10.8 Å². The Hall–Kier alpha value is -2.14. The third-order valence-electron chi connectivity index (χ3n) is 4.98. The number of halogens is 2. The Bertz CT molecular complexity index is 1020. The van der Waals surface area contributed by atoms with Gasteiger partial charge in [-0.25, -0.2) is 0 Å². The Balaban J connectivity index is 1.76. The van der Waals surface area contributed by atoms with Crippen molar-refractivity contribution in [1.82, 2.24) is 5.32 Å². The molecule has 0 aromatic heterocycles. The predicted molar refractivity (Wildman–Crippen MR) is 118 cm³/mol. The van der Waals surface area contributed by atoms with Crippen molar-refractivity contribution in [2.75, 3.05) is 0 Å². The molecule has 0 spiro atoms. The summed E-state index contributed by atoms with van der Waals surface area (Å²) in [7, 11) is 0. The average Bonchev–Trinajstić information content (AvgIpc) is 2.70. The Morgan fingerprint density at radius 1 is 1.04 bits per heavy atom. The summed E-state index contributed by atoms with van der Waals surface area (Å²) in [6, 6.07) is 21.6. The maximum absolute atomic E-state index is 10.5. The maximum Gasteiger partial charge on any atom is 0.126 e. The SMILES string of the molecule is Cc1ccc(C2=N[C@@H](c3ccc(Cl)cc3)N[C@@H](c3cc(Br)ccc3O)C2)cc1. The lowest BCUT2D eigenvalue weighted by Gasteiger charge is -2.31. The van der Waals surface area contributed by atoms with Crippen molar-refractivity contribution >= 4 is 33.2 Å². The summed E-state index contributed by atoms with van der Waals surface area (Å²) in [6.45, 7) is 2.08. The van der Waals surface area contributed by atoms with Crippen LogP contribution in [0.5, 0.6) is 5.75 Å². The van der Waals surface area contributed by atoms with E-state index >= 15 is 0 Å². The molecule has 0 unspecified atom stereocenters. The van der Waals surface area contributed by atoms with E-state index in [2.05, 4.69) is 52.4 Å². The van der Waals surface area contributed by atoms with E-state index in [1.165, 1.54) is 5.56 Å². The molecule has 0 radical (unpaired) electrons. The number of nitrogens with one attached hydrogen (secondary N) is 1. The molecule has 2 N–H and O–H groups in total. The van der Waals surface area contributed by atoms with Gasteiger partial charge >= 0.3 is 0 Å². The van der Waals surface area contributed by atoms with Crippen molar-refractivity contribution in [2.45, 2.75) is 25.6 Å². The van der Waals surface area contributed by atoms with E-state index in [9.17, 15) is 5.11 Å². The first-order chi connectivity index (χ1) is 13.5. The molecule has 0 saturated heterocycles. The zero-order valence-electron chi connectivity index (χ0n) is 15.4. The topological polar surface area (TPSA) is 44.6 Å². The average molecular weight is 456 g/mol. The molecule has 3 aromatic rings. The highest BCUT2D eigenvalue weighted by Crippen LogP contribution is 2.36. The van der Waals surface area contributed by atoms with Gasteiger partial charge in [-0.3, -0.25) is 10.3 Å². The normalized spacial score (nSPS) is 19.3. The first-order valence-electron chi connectivity index (χ1n) is 9.13. The molecule has 142 valence electrons. The Kier molecular flexibility index (Phi) is 5.54. The summed E-state index contributed by atoms with van der Waals surface area (Å²) in [5, 5.41) is 14.7. The quantitative estimate of drug-likeness (QED) is 0.484. The molecular weight excluding hydrogens is 436 g/mol. The number of aliphatic imine (C=N–C) groups is 1. The van der Waals surface area contributed by atoms with Gasteiger partial charge in [0, 0.05) is 33.2 Å². The van der Waals surface area contributed by atoms with Crippen LogP contribution in [0.1, 0.15) is 40.9 Å². The molecule has 28 heavy (non-hydrogen) atoms. The van der Waals surface area contributed by atoms with Crippen molar-refractivity contribution < 1.29 is 5.11 Å². The fourth-order valence-electron chi connectivity index (χ4n) is 3.45. The second-order valence-corrected chi connectivity index (χ2v) is 8.37. The minimum atomic E-state index is -0.217. The summed E-state index contributed by atoms with van der Waals surface area (Å²) in [4.78, 5) is 4.98. The second kappa shape index (κ2) is 8.08. The molecule has 1 heterocycles. The standard InChI is InChI=1S/C23H20BrClN2O/c1-14-2-4-15(5-3-14)20-13-21(19-12-17(24)8-11-22(19)28)27-23(26-20)16-6-9-18(25)10-7-16/h2-12,21,23,27-28H,13H2,1H3/t21-,23-/m1/s1. The van der Waals surface area contributed by atoms with Crippen LogP contribution in [0.25, 0.3) is 0 Å². The number of rotatable bonds is 3. The van der Waals surface area contributed by atoms with E-state index in [0.717, 1.165) is 26.9 Å². The van der Waals surface area contributed by atoms with Crippen LogP contribution in [0.4, 0.5) is 0 Å². The van der Waals surface area contributed by atoms with Crippen LogP contribution in [-0.2, 0) is 0 Å². The molecule has 1 aliphatic rings. The van der Waals surface area contributed by atoms with Crippen LogP contribution in [0.2, 0.25) is 5.02 Å². The number of hydrogen-bond donors (Lipinski definition) is 2. The van der Waals surface area contributed by atoms with Gasteiger partial charge in [0.1, 0.15) is 11.9 Å². The Labute approximate surface area is 178 Å². The predicted octanol–water partition coefficient (Wildman–Crippen LogP) is 6.34. The fourth-order valence-corrected chi connectivity index (χ4v) is 3.95. The first-order valence-corrected chi connectivity index (χ1v) is 10.3. The van der Waals surface area contributed by atoms with E-state index in [-0.39, 0.29) is 18.0 Å². The lowest BCUT2D eigenvalue weighted by molar-refractivity contribution is 0.412. The number of hydrogen-bond acceptors (Lipinski definition) is 3. The zero-order chi connectivity index (χ0) is 19.7. The van der Waals surface area contributed by atoms with Crippen LogP contribution in [0.3, 0.4) is 0 Å². The van der Waals surface area contributed by atoms with Crippen LogP contribution >= 0.6 is 27.5 Å². The van der Waals surface area contributed by atoms with E-state index in [1.807, 2.05) is 36.4 Å². The van der Waals surface area contributed by atoms with Gasteiger partial charge in [-0.2, -0.15) is 0 Å². The molecular formula is C23H20BrClN2O. The fraction of sp³-hybridized carbons (Fsp3) is 0.174. The van der Waals surface area contributed by atoms with Gasteiger partial charge in [0.2, 0.25) is 0 Å². The molecule has 0 bridgehead atoms. The van der Waals surface area contributed by atoms with E-state index in [4.69, 9.17) is 16.6 Å². The van der Waals surface area contributed by atoms with Gasteiger partial charge < -0.3 is 5.11 Å². The van der Waals surface area contributed by atoms with Crippen molar-refractivity contribution in [1.29, 1.82) is 0 Å². The Morgan fingerprint density at radius 2 is 1.75 bits per heavy atom. The van der Waals surface area contributed by atoms with Crippen LogP contribution in [0.15, 0.2) is 76.2 Å². The molecule has 2 atom stereocenters. The molecule has 0 fully saturated rings. The van der Waals surface area contributed by atoms with Gasteiger partial charge in [-0.15, -0.1) is 0 Å². The highest BCUT2D eigenvalue weighted by Gasteiger charge is 2.27. The molecule has 0 aliphatic carbocycles. The molecule has 4 rings (SSSR count). The first kappa shape index (κ1) is 19.2. The molecule has 0 saturated carbocycles. The number of aromatic hydroxyl groups is 1. The highest BCUT2D eigenvalue weighted by molar-refractivity contribution is 9.10. The van der Waals surface area contributed by atoms with E-state index in [0.29, 0.717) is 11.4 Å². The van der Waals surface area contributed by atoms with Gasteiger partial charge in [0.05, 0.1) is 0 Å². The summed E-state index contributed by atoms with van der Waals surface area (Å²) in [5.74, 6) is 0.278. The third-order valence-corrected chi connectivity index (χ3v) is 5.72. The van der Waals surface area contributed by atoms with Crippen molar-refractivity contribution in [3.05, 3.63) is 98.5 Å². The number of phenols is 1. The smallest absolute Gasteiger partial charge is 0.126 e. The largest absolute Gasteiger partial charge is 0.508 e. The van der Waals surface area contributed by atoms with Gasteiger partial charge in [0.15, 0.2) is 0 Å². The Morgan fingerprint density at radius 3 is 2.46 bits per heavy atom. The van der Waals surface area contributed by atoms with E-state index in [1.54, 1.807) is 6.07 Å². The lowest BCUT2D eigenvalue weighted by Crippen LogP contribution is -2.33. The van der Waals surface area contributed by atoms with Crippen molar-refractivity contribution in [2.24, 2.45) is 4.99 Å². The minimum Gasteiger partial charge on any atom is -0.508 e. The molecule has 5 heteroatoms. The number of aryl methyl sites for hydroxylation is 1. The highest BCUT2D eigenvalue weighted by atomic mass is 79.9. The lowest BCUT2D eigenvalue weighted by atomic mass is 9.93. The molecule has 1 aliphatic heterocycles. The van der Waals surface area contributed by atoms with Crippen LogP contribution in [0, 0.1) is 6.92 Å². The van der Waals surface area contributed by atoms with Gasteiger partial charge in [-0.1, -0.05) is 69.5 Å². The van der Waals surface area contributed by atoms with Gasteiger partial charge in [0.25, 0.3) is 0 Å². The molecule has 3 nitrogen and oxygen atoms in total. The summed E-state index contributed by atoms with van der Waals surface area (Å²) in [6.07, 6.45) is 0.475. The van der Waals surface area contributed by atoms with Crippen molar-refractivity contribution in [3.63, 3.8) is 0 Å². The molecule has 3 aromatic carbocycles. The molecule has 0 amide bonds. The minimum absolute atomic E-state index is 0.0630. The monoisotopic (exact) mass is 454 g/mol. The van der Waals surface area contributed by atoms with Gasteiger partial charge in [-0.05, 0) is 48.4 Å².